The van der Waals surface area contributed by atoms with Gasteiger partial charge in [0.05, 0.1) is 5.75 Å². The molecule has 120 valence electrons. The first-order valence-electron chi connectivity index (χ1n) is 7.73. The first-order chi connectivity index (χ1) is 9.79. The fraction of sp³-hybridized carbons (Fsp3) is 0.647. The van der Waals surface area contributed by atoms with E-state index in [-0.39, 0.29) is 11.2 Å². The summed E-state index contributed by atoms with van der Waals surface area (Å²) in [6.45, 7) is 8.28. The second-order valence-corrected chi connectivity index (χ2v) is 8.66. The van der Waals surface area contributed by atoms with Gasteiger partial charge in [-0.3, -0.25) is 0 Å². The molecule has 0 aliphatic heterocycles. The maximum atomic E-state index is 11.6. The maximum absolute atomic E-state index is 11.6. The number of hydrogen-bond acceptors (Lipinski definition) is 3. The van der Waals surface area contributed by atoms with Crippen LogP contribution in [0.5, 0.6) is 0 Å². The van der Waals surface area contributed by atoms with Gasteiger partial charge < -0.3 is 5.32 Å². The normalized spacial score (nSPS) is 15.1. The standard InChI is InChI=1S/C17H29NO2S/c1-5-17(11-12-21(4,19)20,14-18-13-15(2)3)16-9-7-6-8-10-16/h6-10,15,18H,5,11-14H2,1-4H3. The molecule has 0 aromatic heterocycles. The smallest absolute Gasteiger partial charge is 0.147 e. The minimum Gasteiger partial charge on any atom is -0.316 e. The number of hydrogen-bond donors (Lipinski definition) is 1. The zero-order chi connectivity index (χ0) is 15.9. The zero-order valence-electron chi connectivity index (χ0n) is 13.7. The minimum atomic E-state index is -2.94. The van der Waals surface area contributed by atoms with E-state index in [0.29, 0.717) is 12.3 Å². The first-order valence-corrected chi connectivity index (χ1v) is 9.79. The van der Waals surface area contributed by atoms with Crippen LogP contribution in [0, 0.1) is 5.92 Å². The van der Waals surface area contributed by atoms with Crippen LogP contribution >= 0.6 is 0 Å². The summed E-state index contributed by atoms with van der Waals surface area (Å²) in [6.07, 6.45) is 2.91. The second kappa shape index (κ2) is 7.95. The Kier molecular flexibility index (Phi) is 6.88. The van der Waals surface area contributed by atoms with Crippen molar-refractivity contribution in [2.24, 2.45) is 5.92 Å². The summed E-state index contributed by atoms with van der Waals surface area (Å²) < 4.78 is 23.2. The Morgan fingerprint density at radius 3 is 2.29 bits per heavy atom. The van der Waals surface area contributed by atoms with Gasteiger partial charge >= 0.3 is 0 Å². The van der Waals surface area contributed by atoms with E-state index in [1.165, 1.54) is 11.8 Å². The lowest BCUT2D eigenvalue weighted by atomic mass is 9.75. The lowest BCUT2D eigenvalue weighted by molar-refractivity contribution is 0.359. The van der Waals surface area contributed by atoms with Gasteiger partial charge in [0, 0.05) is 18.2 Å². The van der Waals surface area contributed by atoms with E-state index in [0.717, 1.165) is 19.5 Å². The number of rotatable bonds is 9. The lowest BCUT2D eigenvalue weighted by Gasteiger charge is -2.34. The van der Waals surface area contributed by atoms with E-state index in [1.54, 1.807) is 0 Å². The van der Waals surface area contributed by atoms with Gasteiger partial charge in [0.1, 0.15) is 9.84 Å². The Hall–Kier alpha value is -0.870. The van der Waals surface area contributed by atoms with Gasteiger partial charge in [-0.2, -0.15) is 0 Å². The van der Waals surface area contributed by atoms with Gasteiger partial charge in [-0.1, -0.05) is 51.1 Å². The third-order valence-electron chi connectivity index (χ3n) is 4.03. The van der Waals surface area contributed by atoms with Crippen LogP contribution in [0.2, 0.25) is 0 Å². The molecule has 3 nitrogen and oxygen atoms in total. The van der Waals surface area contributed by atoms with Crippen LogP contribution in [0.3, 0.4) is 0 Å². The average molecular weight is 311 g/mol. The molecular formula is C17H29NO2S. The summed E-state index contributed by atoms with van der Waals surface area (Å²) in [5.41, 5.74) is 1.12. The van der Waals surface area contributed by atoms with E-state index in [4.69, 9.17) is 0 Å². The molecule has 0 heterocycles. The van der Waals surface area contributed by atoms with Crippen LogP contribution < -0.4 is 5.32 Å². The van der Waals surface area contributed by atoms with Crippen molar-refractivity contribution in [1.82, 2.24) is 5.32 Å². The Bertz CT molecular complexity index is 511. The second-order valence-electron chi connectivity index (χ2n) is 6.40. The topological polar surface area (TPSA) is 46.2 Å². The molecule has 0 radical (unpaired) electrons. The minimum absolute atomic E-state index is 0.112. The molecule has 1 aromatic carbocycles. The molecule has 1 atom stereocenters. The van der Waals surface area contributed by atoms with Crippen molar-refractivity contribution in [2.45, 2.75) is 39.0 Å². The van der Waals surface area contributed by atoms with E-state index in [2.05, 4.69) is 38.2 Å². The van der Waals surface area contributed by atoms with Gasteiger partial charge in [-0.15, -0.1) is 0 Å². The van der Waals surface area contributed by atoms with Crippen LogP contribution in [0.1, 0.15) is 39.2 Å². The summed E-state index contributed by atoms with van der Waals surface area (Å²) in [5, 5.41) is 3.52. The quantitative estimate of drug-likeness (QED) is 0.762. The van der Waals surface area contributed by atoms with Crippen LogP contribution in [0.4, 0.5) is 0 Å². The molecule has 0 aliphatic rings. The third kappa shape index (κ3) is 6.18. The van der Waals surface area contributed by atoms with Crippen molar-refractivity contribution in [2.75, 3.05) is 25.1 Å². The molecule has 1 rings (SSSR count). The third-order valence-corrected chi connectivity index (χ3v) is 4.98. The summed E-state index contributed by atoms with van der Waals surface area (Å²) >= 11 is 0. The molecular weight excluding hydrogens is 282 g/mol. The van der Waals surface area contributed by atoms with Crippen molar-refractivity contribution in [3.63, 3.8) is 0 Å². The Labute approximate surface area is 130 Å². The summed E-state index contributed by atoms with van der Waals surface area (Å²) in [4.78, 5) is 0. The molecule has 0 bridgehead atoms. The number of sulfone groups is 1. The van der Waals surface area contributed by atoms with Crippen LogP contribution in [0.25, 0.3) is 0 Å². The van der Waals surface area contributed by atoms with Gasteiger partial charge in [0.15, 0.2) is 0 Å². The van der Waals surface area contributed by atoms with E-state index >= 15 is 0 Å². The first kappa shape index (κ1) is 18.2. The van der Waals surface area contributed by atoms with Crippen molar-refractivity contribution in [3.8, 4) is 0 Å². The predicted molar refractivity (Wildman–Crippen MR) is 90.4 cm³/mol. The summed E-state index contributed by atoms with van der Waals surface area (Å²) in [6, 6.07) is 10.3. The molecule has 0 fully saturated rings. The lowest BCUT2D eigenvalue weighted by Crippen LogP contribution is -2.40. The summed E-state index contributed by atoms with van der Waals surface area (Å²) in [5.74, 6) is 0.823. The summed E-state index contributed by atoms with van der Waals surface area (Å²) in [7, 11) is -2.94. The molecule has 21 heavy (non-hydrogen) atoms. The van der Waals surface area contributed by atoms with Gasteiger partial charge in [-0.05, 0) is 30.9 Å². The van der Waals surface area contributed by atoms with Crippen molar-refractivity contribution in [1.29, 1.82) is 0 Å². The highest BCUT2D eigenvalue weighted by molar-refractivity contribution is 7.90. The van der Waals surface area contributed by atoms with E-state index in [1.807, 2.05) is 18.2 Å². The average Bonchev–Trinajstić information content (AvgIpc) is 2.42. The molecule has 1 N–H and O–H groups in total. The molecule has 0 aliphatic carbocycles. The fourth-order valence-electron chi connectivity index (χ4n) is 2.61. The Balaban J connectivity index is 2.95. The largest absolute Gasteiger partial charge is 0.316 e. The molecule has 0 saturated carbocycles. The van der Waals surface area contributed by atoms with E-state index < -0.39 is 9.84 Å². The van der Waals surface area contributed by atoms with Crippen LogP contribution in [0.15, 0.2) is 30.3 Å². The molecule has 0 amide bonds. The monoisotopic (exact) mass is 311 g/mol. The highest BCUT2D eigenvalue weighted by Gasteiger charge is 2.30. The highest BCUT2D eigenvalue weighted by atomic mass is 32.2. The predicted octanol–water partition coefficient (Wildman–Crippen LogP) is 3.01. The molecule has 0 spiro atoms. The SMILES string of the molecule is CCC(CCS(C)(=O)=O)(CNCC(C)C)c1ccccc1. The van der Waals surface area contributed by atoms with Crippen molar-refractivity contribution >= 4 is 9.84 Å². The molecule has 1 aromatic rings. The number of benzene rings is 1. The molecule has 4 heteroatoms. The fourth-order valence-corrected chi connectivity index (χ4v) is 3.37. The van der Waals surface area contributed by atoms with E-state index in [9.17, 15) is 8.42 Å². The maximum Gasteiger partial charge on any atom is 0.147 e. The van der Waals surface area contributed by atoms with Gasteiger partial charge in [0.2, 0.25) is 0 Å². The van der Waals surface area contributed by atoms with Gasteiger partial charge in [0.25, 0.3) is 0 Å². The highest BCUT2D eigenvalue weighted by Crippen LogP contribution is 2.31. The molecule has 1 unspecified atom stereocenters. The van der Waals surface area contributed by atoms with Gasteiger partial charge in [-0.25, -0.2) is 8.42 Å². The van der Waals surface area contributed by atoms with Crippen molar-refractivity contribution < 1.29 is 8.42 Å². The van der Waals surface area contributed by atoms with Crippen LogP contribution in [-0.4, -0.2) is 33.5 Å². The molecule has 0 saturated heterocycles. The van der Waals surface area contributed by atoms with Crippen LogP contribution in [-0.2, 0) is 15.3 Å². The zero-order valence-corrected chi connectivity index (χ0v) is 14.5. The number of nitrogens with one attached hydrogen (secondary N) is 1. The van der Waals surface area contributed by atoms with Crippen molar-refractivity contribution in [3.05, 3.63) is 35.9 Å². The Morgan fingerprint density at radius 1 is 1.19 bits per heavy atom. The Morgan fingerprint density at radius 2 is 1.81 bits per heavy atom.